The van der Waals surface area contributed by atoms with Crippen molar-refractivity contribution in [3.63, 3.8) is 0 Å². The summed E-state index contributed by atoms with van der Waals surface area (Å²) < 4.78 is 5.43. The molecule has 0 saturated heterocycles. The van der Waals surface area contributed by atoms with Gasteiger partial charge in [-0.1, -0.05) is 43.2 Å². The van der Waals surface area contributed by atoms with Gasteiger partial charge >= 0.3 is 0 Å². The van der Waals surface area contributed by atoms with Crippen molar-refractivity contribution in [3.05, 3.63) is 35.9 Å². The second-order valence-corrected chi connectivity index (χ2v) is 5.21. The molecule has 1 unspecified atom stereocenters. The van der Waals surface area contributed by atoms with Gasteiger partial charge in [0.05, 0.1) is 11.6 Å². The fourth-order valence-electron chi connectivity index (χ4n) is 2.60. The summed E-state index contributed by atoms with van der Waals surface area (Å²) in [4.78, 5) is 12.1. The molecule has 1 amide bonds. The van der Waals surface area contributed by atoms with E-state index in [2.05, 4.69) is 5.32 Å². The van der Waals surface area contributed by atoms with Crippen molar-refractivity contribution in [1.29, 1.82) is 0 Å². The van der Waals surface area contributed by atoms with E-state index in [1.54, 1.807) is 7.11 Å². The number of rotatable bonds is 5. The maximum Gasteiger partial charge on any atom is 0.240 e. The van der Waals surface area contributed by atoms with Crippen LogP contribution in [0.5, 0.6) is 0 Å². The Bertz CT molecular complexity index is 413. The third-order valence-corrected chi connectivity index (χ3v) is 3.85. The predicted molar refractivity (Wildman–Crippen MR) is 74.6 cm³/mol. The summed E-state index contributed by atoms with van der Waals surface area (Å²) in [5, 5.41) is 2.93. The van der Waals surface area contributed by atoms with E-state index in [1.165, 1.54) is 0 Å². The highest BCUT2D eigenvalue weighted by atomic mass is 16.5. The molecule has 0 radical (unpaired) electrons. The lowest BCUT2D eigenvalue weighted by atomic mass is 9.98. The second kappa shape index (κ2) is 6.17. The third-order valence-electron chi connectivity index (χ3n) is 3.85. The van der Waals surface area contributed by atoms with Crippen LogP contribution in [0.2, 0.25) is 0 Å². The van der Waals surface area contributed by atoms with Gasteiger partial charge in [-0.2, -0.15) is 0 Å². The molecule has 1 fully saturated rings. The lowest BCUT2D eigenvalue weighted by molar-refractivity contribution is -0.126. The fourth-order valence-corrected chi connectivity index (χ4v) is 2.60. The standard InChI is InChI=1S/C15H22N2O2/c1-19-13(12-7-3-2-4-8-12)11-17-14(18)15(16)9-5-6-10-15/h2-4,7-8,13H,5-6,9-11,16H2,1H3,(H,17,18). The van der Waals surface area contributed by atoms with Crippen LogP contribution < -0.4 is 11.1 Å². The first-order valence-electron chi connectivity index (χ1n) is 6.81. The minimum atomic E-state index is -0.672. The molecular weight excluding hydrogens is 240 g/mol. The summed E-state index contributed by atoms with van der Waals surface area (Å²) >= 11 is 0. The van der Waals surface area contributed by atoms with Gasteiger partial charge in [-0.25, -0.2) is 0 Å². The summed E-state index contributed by atoms with van der Waals surface area (Å²) in [5.74, 6) is -0.0528. The van der Waals surface area contributed by atoms with Crippen LogP contribution in [0.1, 0.15) is 37.4 Å². The number of nitrogens with two attached hydrogens (primary N) is 1. The van der Waals surface area contributed by atoms with E-state index in [1.807, 2.05) is 30.3 Å². The molecule has 104 valence electrons. The van der Waals surface area contributed by atoms with Crippen molar-refractivity contribution in [3.8, 4) is 0 Å². The average molecular weight is 262 g/mol. The van der Waals surface area contributed by atoms with E-state index in [0.29, 0.717) is 6.54 Å². The summed E-state index contributed by atoms with van der Waals surface area (Å²) in [5.41, 5.74) is 6.50. The molecule has 1 saturated carbocycles. The van der Waals surface area contributed by atoms with Gasteiger partial charge in [-0.3, -0.25) is 4.79 Å². The van der Waals surface area contributed by atoms with Gasteiger partial charge in [0.1, 0.15) is 0 Å². The minimum absolute atomic E-state index is 0.0528. The summed E-state index contributed by atoms with van der Waals surface area (Å²) in [6, 6.07) is 9.87. The second-order valence-electron chi connectivity index (χ2n) is 5.21. The van der Waals surface area contributed by atoms with Crippen molar-refractivity contribution < 1.29 is 9.53 Å². The first kappa shape index (κ1) is 14.0. The Kier molecular flexibility index (Phi) is 4.56. The number of benzene rings is 1. The fraction of sp³-hybridized carbons (Fsp3) is 0.533. The zero-order valence-electron chi connectivity index (χ0n) is 11.4. The molecule has 0 aromatic heterocycles. The van der Waals surface area contributed by atoms with Crippen molar-refractivity contribution >= 4 is 5.91 Å². The van der Waals surface area contributed by atoms with Gasteiger partial charge in [0.15, 0.2) is 0 Å². The van der Waals surface area contributed by atoms with E-state index in [9.17, 15) is 4.79 Å². The molecule has 0 heterocycles. The van der Waals surface area contributed by atoms with E-state index in [0.717, 1.165) is 31.2 Å². The molecule has 1 aliphatic carbocycles. The largest absolute Gasteiger partial charge is 0.375 e. The number of amides is 1. The highest BCUT2D eigenvalue weighted by Crippen LogP contribution is 2.27. The molecule has 1 atom stereocenters. The van der Waals surface area contributed by atoms with E-state index in [-0.39, 0.29) is 12.0 Å². The zero-order valence-corrected chi connectivity index (χ0v) is 11.4. The number of hydrogen-bond donors (Lipinski definition) is 2. The number of nitrogens with one attached hydrogen (secondary N) is 1. The Morgan fingerprint density at radius 2 is 2.00 bits per heavy atom. The monoisotopic (exact) mass is 262 g/mol. The van der Waals surface area contributed by atoms with Crippen molar-refractivity contribution in [1.82, 2.24) is 5.32 Å². The average Bonchev–Trinajstić information content (AvgIpc) is 2.89. The van der Waals surface area contributed by atoms with Crippen molar-refractivity contribution in [2.75, 3.05) is 13.7 Å². The Balaban J connectivity index is 1.92. The first-order chi connectivity index (χ1) is 9.15. The summed E-state index contributed by atoms with van der Waals surface area (Å²) in [6.45, 7) is 0.457. The summed E-state index contributed by atoms with van der Waals surface area (Å²) in [6.07, 6.45) is 3.51. The van der Waals surface area contributed by atoms with Crippen molar-refractivity contribution in [2.24, 2.45) is 5.73 Å². The molecule has 4 nitrogen and oxygen atoms in total. The quantitative estimate of drug-likeness (QED) is 0.850. The third kappa shape index (κ3) is 3.33. The molecule has 1 aromatic rings. The molecule has 0 aliphatic heterocycles. The molecule has 3 N–H and O–H groups in total. The highest BCUT2D eigenvalue weighted by Gasteiger charge is 2.36. The number of ether oxygens (including phenoxy) is 1. The van der Waals surface area contributed by atoms with Crippen LogP contribution >= 0.6 is 0 Å². The Morgan fingerprint density at radius 3 is 2.58 bits per heavy atom. The number of hydrogen-bond acceptors (Lipinski definition) is 3. The van der Waals surface area contributed by atoms with Gasteiger partial charge in [0.2, 0.25) is 5.91 Å². The lowest BCUT2D eigenvalue weighted by Crippen LogP contribution is -2.52. The maximum atomic E-state index is 12.1. The molecule has 19 heavy (non-hydrogen) atoms. The van der Waals surface area contributed by atoms with Gasteiger partial charge in [-0.05, 0) is 18.4 Å². The summed E-state index contributed by atoms with van der Waals surface area (Å²) in [7, 11) is 1.65. The van der Waals surface area contributed by atoms with E-state index in [4.69, 9.17) is 10.5 Å². The molecule has 1 aromatic carbocycles. The Hall–Kier alpha value is -1.39. The Labute approximate surface area is 114 Å². The zero-order chi connectivity index (χ0) is 13.7. The number of methoxy groups -OCH3 is 1. The maximum absolute atomic E-state index is 12.1. The molecule has 1 aliphatic rings. The van der Waals surface area contributed by atoms with Crippen LogP contribution in [0.4, 0.5) is 0 Å². The van der Waals surface area contributed by atoms with Crippen LogP contribution in [-0.2, 0) is 9.53 Å². The van der Waals surface area contributed by atoms with Crippen molar-refractivity contribution in [2.45, 2.75) is 37.3 Å². The van der Waals surface area contributed by atoms with Crippen LogP contribution in [-0.4, -0.2) is 25.1 Å². The predicted octanol–water partition coefficient (Wildman–Crippen LogP) is 1.76. The lowest BCUT2D eigenvalue weighted by Gasteiger charge is -2.24. The Morgan fingerprint density at radius 1 is 1.37 bits per heavy atom. The van der Waals surface area contributed by atoms with Crippen LogP contribution in [0.25, 0.3) is 0 Å². The highest BCUT2D eigenvalue weighted by molar-refractivity contribution is 5.86. The molecular formula is C15H22N2O2. The van der Waals surface area contributed by atoms with Gasteiger partial charge < -0.3 is 15.8 Å². The van der Waals surface area contributed by atoms with Gasteiger partial charge in [-0.15, -0.1) is 0 Å². The van der Waals surface area contributed by atoms with Crippen LogP contribution in [0.3, 0.4) is 0 Å². The van der Waals surface area contributed by atoms with Crippen LogP contribution in [0.15, 0.2) is 30.3 Å². The molecule has 2 rings (SSSR count). The molecule has 0 bridgehead atoms. The molecule has 0 spiro atoms. The number of carbonyl (C=O) groups is 1. The van der Waals surface area contributed by atoms with Gasteiger partial charge in [0.25, 0.3) is 0 Å². The molecule has 4 heteroatoms. The van der Waals surface area contributed by atoms with E-state index >= 15 is 0 Å². The minimum Gasteiger partial charge on any atom is -0.375 e. The topological polar surface area (TPSA) is 64.3 Å². The normalized spacial score (nSPS) is 19.1. The SMILES string of the molecule is COC(CNC(=O)C1(N)CCCC1)c1ccccc1. The smallest absolute Gasteiger partial charge is 0.240 e. The van der Waals surface area contributed by atoms with Crippen LogP contribution in [0, 0.1) is 0 Å². The van der Waals surface area contributed by atoms with E-state index < -0.39 is 5.54 Å². The first-order valence-corrected chi connectivity index (χ1v) is 6.81. The number of carbonyl (C=O) groups excluding carboxylic acids is 1. The van der Waals surface area contributed by atoms with Gasteiger partial charge in [0, 0.05) is 13.7 Å².